The van der Waals surface area contributed by atoms with Crippen molar-refractivity contribution in [2.75, 3.05) is 32.0 Å². The Morgan fingerprint density at radius 1 is 1.14 bits per heavy atom. The summed E-state index contributed by atoms with van der Waals surface area (Å²) in [5.74, 6) is 0.461. The maximum absolute atomic E-state index is 12.0. The van der Waals surface area contributed by atoms with Gasteiger partial charge in [-0.05, 0) is 56.6 Å². The maximum atomic E-state index is 12.0. The van der Waals surface area contributed by atoms with Crippen molar-refractivity contribution in [2.24, 2.45) is 0 Å². The zero-order valence-electron chi connectivity index (χ0n) is 19.7. The predicted octanol–water partition coefficient (Wildman–Crippen LogP) is 3.87. The Balaban J connectivity index is 1.53. The first-order chi connectivity index (χ1) is 16.9. The molecule has 1 fully saturated rings. The molecule has 1 aliphatic rings. The highest BCUT2D eigenvalue weighted by atomic mass is 32.1. The van der Waals surface area contributed by atoms with Gasteiger partial charge in [0.1, 0.15) is 5.60 Å². The molecule has 180 valence electrons. The van der Waals surface area contributed by atoms with Gasteiger partial charge in [-0.15, -0.1) is 0 Å². The number of anilines is 1. The molecule has 0 unspecified atom stereocenters. The summed E-state index contributed by atoms with van der Waals surface area (Å²) in [5, 5.41) is 17.1. The van der Waals surface area contributed by atoms with Crippen LogP contribution in [0.2, 0.25) is 0 Å². The first-order valence-corrected chi connectivity index (χ1v) is 12.4. The maximum Gasteiger partial charge on any atom is 0.321 e. The van der Waals surface area contributed by atoms with E-state index in [1.165, 1.54) is 11.3 Å². The summed E-state index contributed by atoms with van der Waals surface area (Å²) >= 11 is 1.41. The summed E-state index contributed by atoms with van der Waals surface area (Å²) in [6.07, 6.45) is 6.48. The molecule has 4 heterocycles. The first-order valence-electron chi connectivity index (χ1n) is 11.6. The number of fused-ring (bicyclic) bond motifs is 1. The molecule has 0 spiro atoms. The molecular weight excluding hydrogens is 462 g/mol. The number of benzene rings is 1. The summed E-state index contributed by atoms with van der Waals surface area (Å²) in [5.41, 5.74) is 3.18. The number of hydrogen-bond donors (Lipinski definition) is 3. The van der Waals surface area contributed by atoms with E-state index >= 15 is 0 Å². The molecule has 2 amide bonds. The van der Waals surface area contributed by atoms with Crippen molar-refractivity contribution < 1.29 is 9.90 Å². The molecule has 35 heavy (non-hydrogen) atoms. The van der Waals surface area contributed by atoms with E-state index in [4.69, 9.17) is 0 Å². The Hall–Kier alpha value is -3.47. The van der Waals surface area contributed by atoms with Crippen LogP contribution in [0.5, 0.6) is 0 Å². The Morgan fingerprint density at radius 2 is 1.91 bits per heavy atom. The van der Waals surface area contributed by atoms with Gasteiger partial charge in [0.15, 0.2) is 11.0 Å². The molecule has 4 aromatic rings. The van der Waals surface area contributed by atoms with Gasteiger partial charge in [0.05, 0.1) is 15.9 Å². The number of aliphatic hydroxyl groups is 1. The monoisotopic (exact) mass is 489 g/mol. The van der Waals surface area contributed by atoms with E-state index < -0.39 is 5.60 Å². The number of carbonyl (C=O) groups excluding carboxylic acids is 1. The summed E-state index contributed by atoms with van der Waals surface area (Å²) in [7, 11) is 2.05. The predicted molar refractivity (Wildman–Crippen MR) is 137 cm³/mol. The third-order valence-electron chi connectivity index (χ3n) is 6.20. The molecular formula is C25H27N7O2S. The van der Waals surface area contributed by atoms with Gasteiger partial charge in [-0.3, -0.25) is 10.3 Å². The molecule has 0 atom stereocenters. The number of thiazole rings is 1. The van der Waals surface area contributed by atoms with Crippen LogP contribution in [0.25, 0.3) is 32.6 Å². The number of rotatable bonds is 5. The second kappa shape index (κ2) is 9.65. The number of hydrogen-bond acceptors (Lipinski definition) is 8. The number of aromatic nitrogens is 4. The van der Waals surface area contributed by atoms with Gasteiger partial charge >= 0.3 is 6.03 Å². The van der Waals surface area contributed by atoms with Crippen LogP contribution in [0.4, 0.5) is 9.93 Å². The Morgan fingerprint density at radius 3 is 2.60 bits per heavy atom. The largest absolute Gasteiger partial charge is 0.382 e. The molecule has 0 radical (unpaired) electrons. The van der Waals surface area contributed by atoms with Crippen molar-refractivity contribution >= 4 is 32.7 Å². The number of pyridine rings is 1. The molecule has 3 N–H and O–H groups in total. The van der Waals surface area contributed by atoms with E-state index in [2.05, 4.69) is 42.5 Å². The minimum atomic E-state index is -0.997. The third kappa shape index (κ3) is 4.86. The molecule has 1 saturated heterocycles. The lowest BCUT2D eigenvalue weighted by molar-refractivity contribution is -0.0276. The fourth-order valence-corrected chi connectivity index (χ4v) is 5.16. The SMILES string of the molecule is CCNC(=O)Nc1nc2cc(-c3cnc(C4(O)CCN(C)CC4)nc3)cc(-c3ccccn3)c2s1. The van der Waals surface area contributed by atoms with Crippen molar-refractivity contribution in [1.82, 2.24) is 30.2 Å². The summed E-state index contributed by atoms with van der Waals surface area (Å²) in [6.45, 7) is 4.01. The summed E-state index contributed by atoms with van der Waals surface area (Å²) in [6, 6.07) is 9.48. The lowest BCUT2D eigenvalue weighted by Crippen LogP contribution is -2.41. The Labute approximate surface area is 207 Å². The molecule has 1 aliphatic heterocycles. The van der Waals surface area contributed by atoms with Crippen molar-refractivity contribution in [3.05, 3.63) is 54.7 Å². The van der Waals surface area contributed by atoms with Crippen molar-refractivity contribution in [3.8, 4) is 22.4 Å². The zero-order chi connectivity index (χ0) is 24.4. The van der Waals surface area contributed by atoms with E-state index in [9.17, 15) is 9.90 Å². The quantitative estimate of drug-likeness (QED) is 0.390. The van der Waals surface area contributed by atoms with E-state index in [-0.39, 0.29) is 6.03 Å². The molecule has 10 heteroatoms. The van der Waals surface area contributed by atoms with Gasteiger partial charge in [0, 0.05) is 49.4 Å². The van der Waals surface area contributed by atoms with E-state index in [1.807, 2.05) is 37.3 Å². The van der Waals surface area contributed by atoms with Crippen LogP contribution >= 0.6 is 11.3 Å². The van der Waals surface area contributed by atoms with E-state index in [1.54, 1.807) is 18.6 Å². The molecule has 0 aliphatic carbocycles. The molecule has 3 aromatic heterocycles. The molecule has 0 saturated carbocycles. The molecule has 9 nitrogen and oxygen atoms in total. The number of carbonyl (C=O) groups is 1. The number of likely N-dealkylation sites (tertiary alicyclic amines) is 1. The second-order valence-corrected chi connectivity index (χ2v) is 9.72. The fraction of sp³-hybridized carbons (Fsp3) is 0.320. The van der Waals surface area contributed by atoms with Gasteiger partial charge in [0.2, 0.25) is 0 Å². The lowest BCUT2D eigenvalue weighted by atomic mass is 9.90. The smallest absolute Gasteiger partial charge is 0.321 e. The minimum Gasteiger partial charge on any atom is -0.382 e. The van der Waals surface area contributed by atoms with E-state index in [0.717, 1.165) is 45.7 Å². The minimum absolute atomic E-state index is 0.290. The highest BCUT2D eigenvalue weighted by Gasteiger charge is 2.35. The fourth-order valence-electron chi connectivity index (χ4n) is 4.20. The van der Waals surface area contributed by atoms with E-state index in [0.29, 0.717) is 30.3 Å². The van der Waals surface area contributed by atoms with Crippen LogP contribution < -0.4 is 10.6 Å². The van der Waals surface area contributed by atoms with Crippen LogP contribution in [0.1, 0.15) is 25.6 Å². The van der Waals surface area contributed by atoms with Gasteiger partial charge in [-0.25, -0.2) is 19.7 Å². The van der Waals surface area contributed by atoms with Crippen LogP contribution in [-0.4, -0.2) is 62.7 Å². The average Bonchev–Trinajstić information content (AvgIpc) is 3.28. The van der Waals surface area contributed by atoms with Gasteiger partial charge in [-0.2, -0.15) is 0 Å². The summed E-state index contributed by atoms with van der Waals surface area (Å²) in [4.78, 5) is 32.5. The Kier molecular flexibility index (Phi) is 6.42. The van der Waals surface area contributed by atoms with Crippen molar-refractivity contribution in [2.45, 2.75) is 25.4 Å². The van der Waals surface area contributed by atoms with Gasteiger partial charge in [-0.1, -0.05) is 17.4 Å². The lowest BCUT2D eigenvalue weighted by Gasteiger charge is -2.35. The number of urea groups is 1. The number of piperidine rings is 1. The molecule has 0 bridgehead atoms. The number of nitrogens with one attached hydrogen (secondary N) is 2. The number of amides is 2. The second-order valence-electron chi connectivity index (χ2n) is 8.72. The van der Waals surface area contributed by atoms with Crippen molar-refractivity contribution in [1.29, 1.82) is 0 Å². The molecule has 5 rings (SSSR count). The Bertz CT molecular complexity index is 1330. The zero-order valence-corrected chi connectivity index (χ0v) is 20.5. The van der Waals surface area contributed by atoms with Crippen molar-refractivity contribution in [3.63, 3.8) is 0 Å². The first kappa shape index (κ1) is 23.3. The highest BCUT2D eigenvalue weighted by Crippen LogP contribution is 2.38. The standard InChI is InChI=1S/C25H27N7O2S/c1-3-26-23(33)31-24-30-20-13-16(12-18(21(20)35-24)19-6-4-5-9-27-19)17-14-28-22(29-15-17)25(34)7-10-32(2)11-8-25/h4-6,9,12-15,34H,3,7-8,10-11H2,1-2H3,(H2,26,30,31,33). The highest BCUT2D eigenvalue weighted by molar-refractivity contribution is 7.22. The average molecular weight is 490 g/mol. The normalized spacial score (nSPS) is 15.7. The van der Waals surface area contributed by atoms with Crippen LogP contribution in [0.15, 0.2) is 48.9 Å². The topological polar surface area (TPSA) is 116 Å². The van der Waals surface area contributed by atoms with Crippen LogP contribution in [-0.2, 0) is 5.60 Å². The van der Waals surface area contributed by atoms with Crippen LogP contribution in [0.3, 0.4) is 0 Å². The van der Waals surface area contributed by atoms with Gasteiger partial charge < -0.3 is 15.3 Å². The van der Waals surface area contributed by atoms with Gasteiger partial charge in [0.25, 0.3) is 0 Å². The summed E-state index contributed by atoms with van der Waals surface area (Å²) < 4.78 is 0.928. The number of nitrogens with zero attached hydrogens (tertiary/aromatic N) is 5. The third-order valence-corrected chi connectivity index (χ3v) is 7.22. The van der Waals surface area contributed by atoms with Crippen LogP contribution in [0, 0.1) is 0 Å². The molecule has 1 aromatic carbocycles.